The first-order valence-electron chi connectivity index (χ1n) is 8.30. The fourth-order valence-electron chi connectivity index (χ4n) is 2.65. The van der Waals surface area contributed by atoms with Gasteiger partial charge in [0.15, 0.2) is 0 Å². The van der Waals surface area contributed by atoms with Crippen molar-refractivity contribution in [3.8, 4) is 0 Å². The lowest BCUT2D eigenvalue weighted by Crippen LogP contribution is -2.10. The highest BCUT2D eigenvalue weighted by Crippen LogP contribution is 2.34. The van der Waals surface area contributed by atoms with Crippen molar-refractivity contribution in [2.75, 3.05) is 4.90 Å². The van der Waals surface area contributed by atoms with Crippen LogP contribution in [0.4, 0.5) is 17.1 Å². The minimum atomic E-state index is -0.296. The Bertz CT molecular complexity index is 872. The molecular formula is C22H19NO3. The number of aldehydes is 1. The second-order valence-electron chi connectivity index (χ2n) is 5.83. The van der Waals surface area contributed by atoms with Crippen LogP contribution in [-0.4, -0.2) is 12.3 Å². The molecule has 0 unspecified atom stereocenters. The second kappa shape index (κ2) is 8.12. The molecular weight excluding hydrogens is 326 g/mol. The van der Waals surface area contributed by atoms with Crippen LogP contribution in [0, 0.1) is 0 Å². The van der Waals surface area contributed by atoms with Gasteiger partial charge < -0.3 is 9.64 Å². The predicted molar refractivity (Wildman–Crippen MR) is 102 cm³/mol. The smallest absolute Gasteiger partial charge is 0.302 e. The maximum atomic E-state index is 11.0. The summed E-state index contributed by atoms with van der Waals surface area (Å²) in [5.41, 5.74) is 4.50. The van der Waals surface area contributed by atoms with E-state index < -0.39 is 0 Å². The maximum Gasteiger partial charge on any atom is 0.302 e. The van der Waals surface area contributed by atoms with E-state index in [1.54, 1.807) is 12.1 Å². The summed E-state index contributed by atoms with van der Waals surface area (Å²) in [6, 6.07) is 25.3. The number of carbonyl (C=O) groups excluding carboxylic acids is 2. The number of para-hydroxylation sites is 1. The molecule has 4 nitrogen and oxygen atoms in total. The van der Waals surface area contributed by atoms with Crippen molar-refractivity contribution in [3.63, 3.8) is 0 Å². The van der Waals surface area contributed by atoms with Gasteiger partial charge in [-0.15, -0.1) is 0 Å². The molecule has 0 fully saturated rings. The van der Waals surface area contributed by atoms with Crippen molar-refractivity contribution in [3.05, 3.63) is 90.0 Å². The van der Waals surface area contributed by atoms with E-state index in [0.29, 0.717) is 5.56 Å². The molecule has 4 heteroatoms. The summed E-state index contributed by atoms with van der Waals surface area (Å²) >= 11 is 0. The molecule has 0 spiro atoms. The first kappa shape index (κ1) is 17.4. The molecule has 0 amide bonds. The van der Waals surface area contributed by atoms with Crippen molar-refractivity contribution in [1.29, 1.82) is 0 Å². The van der Waals surface area contributed by atoms with E-state index in [4.69, 9.17) is 4.74 Å². The molecule has 3 aromatic carbocycles. The van der Waals surface area contributed by atoms with E-state index in [0.717, 1.165) is 28.9 Å². The van der Waals surface area contributed by atoms with Crippen LogP contribution in [0.1, 0.15) is 22.8 Å². The van der Waals surface area contributed by atoms with Gasteiger partial charge in [0.2, 0.25) is 0 Å². The summed E-state index contributed by atoms with van der Waals surface area (Å²) in [5.74, 6) is -0.296. The average molecular weight is 345 g/mol. The van der Waals surface area contributed by atoms with Crippen LogP contribution in [-0.2, 0) is 16.1 Å². The van der Waals surface area contributed by atoms with E-state index in [9.17, 15) is 9.59 Å². The molecule has 130 valence electrons. The van der Waals surface area contributed by atoms with E-state index >= 15 is 0 Å². The highest BCUT2D eigenvalue weighted by molar-refractivity contribution is 5.80. The predicted octanol–water partition coefficient (Wildman–Crippen LogP) is 5.03. The zero-order chi connectivity index (χ0) is 18.4. The summed E-state index contributed by atoms with van der Waals surface area (Å²) in [6.07, 6.45) is 0.834. The molecule has 0 aromatic heterocycles. The first-order chi connectivity index (χ1) is 12.7. The number of esters is 1. The molecule has 0 saturated heterocycles. The van der Waals surface area contributed by atoms with Gasteiger partial charge in [-0.05, 0) is 54.1 Å². The van der Waals surface area contributed by atoms with Gasteiger partial charge in [-0.2, -0.15) is 0 Å². The van der Waals surface area contributed by atoms with Crippen LogP contribution in [0.2, 0.25) is 0 Å². The standard InChI is InChI=1S/C22H19NO3/c1-17(25)26-16-19-9-13-22(14-10-19)23(20-5-3-2-4-6-20)21-11-7-18(15-24)8-12-21/h2-15H,16H2,1H3. The summed E-state index contributed by atoms with van der Waals surface area (Å²) in [7, 11) is 0. The normalized spacial score (nSPS) is 10.2. The summed E-state index contributed by atoms with van der Waals surface area (Å²) in [6.45, 7) is 1.66. The van der Waals surface area contributed by atoms with Crippen molar-refractivity contribution in [2.24, 2.45) is 0 Å². The van der Waals surface area contributed by atoms with Crippen molar-refractivity contribution in [2.45, 2.75) is 13.5 Å². The van der Waals surface area contributed by atoms with Gasteiger partial charge in [0, 0.05) is 29.5 Å². The minimum absolute atomic E-state index is 0.259. The van der Waals surface area contributed by atoms with E-state index in [-0.39, 0.29) is 12.6 Å². The Kier molecular flexibility index (Phi) is 5.44. The Hall–Kier alpha value is -3.40. The average Bonchev–Trinajstić information content (AvgIpc) is 2.69. The summed E-state index contributed by atoms with van der Waals surface area (Å²) in [4.78, 5) is 24.0. The van der Waals surface area contributed by atoms with Crippen LogP contribution in [0.5, 0.6) is 0 Å². The molecule has 0 atom stereocenters. The fraction of sp³-hybridized carbons (Fsp3) is 0.0909. The summed E-state index contributed by atoms with van der Waals surface area (Å²) < 4.78 is 5.04. The zero-order valence-electron chi connectivity index (χ0n) is 14.5. The van der Waals surface area contributed by atoms with Gasteiger partial charge in [0.05, 0.1) is 0 Å². The highest BCUT2D eigenvalue weighted by Gasteiger charge is 2.12. The Morgan fingerprint density at radius 2 is 1.38 bits per heavy atom. The van der Waals surface area contributed by atoms with Gasteiger partial charge in [-0.3, -0.25) is 9.59 Å². The fourth-order valence-corrected chi connectivity index (χ4v) is 2.65. The quantitative estimate of drug-likeness (QED) is 0.464. The third kappa shape index (κ3) is 4.16. The van der Waals surface area contributed by atoms with Crippen LogP contribution in [0.15, 0.2) is 78.9 Å². The number of hydrogen-bond donors (Lipinski definition) is 0. The number of hydrogen-bond acceptors (Lipinski definition) is 4. The molecule has 0 radical (unpaired) electrons. The minimum Gasteiger partial charge on any atom is -0.461 e. The lowest BCUT2D eigenvalue weighted by Gasteiger charge is -2.25. The van der Waals surface area contributed by atoms with Gasteiger partial charge in [-0.25, -0.2) is 0 Å². The Morgan fingerprint density at radius 1 is 0.846 bits per heavy atom. The maximum absolute atomic E-state index is 11.0. The number of nitrogens with zero attached hydrogens (tertiary/aromatic N) is 1. The number of benzene rings is 3. The van der Waals surface area contributed by atoms with Gasteiger partial charge in [-0.1, -0.05) is 30.3 Å². The van der Waals surface area contributed by atoms with Crippen LogP contribution < -0.4 is 4.90 Å². The number of anilines is 3. The van der Waals surface area contributed by atoms with E-state index in [2.05, 4.69) is 4.90 Å². The third-order valence-electron chi connectivity index (χ3n) is 3.94. The molecule has 3 rings (SSSR count). The molecule has 0 N–H and O–H groups in total. The molecule has 0 aliphatic rings. The zero-order valence-corrected chi connectivity index (χ0v) is 14.5. The van der Waals surface area contributed by atoms with Crippen LogP contribution in [0.25, 0.3) is 0 Å². The van der Waals surface area contributed by atoms with Gasteiger partial charge in [0.1, 0.15) is 12.9 Å². The molecule has 3 aromatic rings. The summed E-state index contributed by atoms with van der Waals surface area (Å²) in [5, 5.41) is 0. The number of carbonyl (C=O) groups is 2. The molecule has 0 aliphatic carbocycles. The number of rotatable bonds is 6. The lowest BCUT2D eigenvalue weighted by atomic mass is 10.1. The van der Waals surface area contributed by atoms with Crippen LogP contribution >= 0.6 is 0 Å². The Balaban J connectivity index is 1.95. The van der Waals surface area contributed by atoms with Crippen LogP contribution in [0.3, 0.4) is 0 Å². The van der Waals surface area contributed by atoms with Crippen molar-refractivity contribution < 1.29 is 14.3 Å². The molecule has 0 aliphatic heterocycles. The SMILES string of the molecule is CC(=O)OCc1ccc(N(c2ccccc2)c2ccc(C=O)cc2)cc1. The lowest BCUT2D eigenvalue weighted by molar-refractivity contribution is -0.142. The molecule has 26 heavy (non-hydrogen) atoms. The van der Waals surface area contributed by atoms with Gasteiger partial charge >= 0.3 is 5.97 Å². The second-order valence-corrected chi connectivity index (χ2v) is 5.83. The Morgan fingerprint density at radius 3 is 1.92 bits per heavy atom. The van der Waals surface area contributed by atoms with Crippen molar-refractivity contribution >= 4 is 29.3 Å². The monoisotopic (exact) mass is 345 g/mol. The number of ether oxygens (including phenoxy) is 1. The first-order valence-corrected chi connectivity index (χ1v) is 8.30. The molecule has 0 heterocycles. The van der Waals surface area contributed by atoms with E-state index in [1.165, 1.54) is 6.92 Å². The van der Waals surface area contributed by atoms with Gasteiger partial charge in [0.25, 0.3) is 0 Å². The highest BCUT2D eigenvalue weighted by atomic mass is 16.5. The van der Waals surface area contributed by atoms with E-state index in [1.807, 2.05) is 66.7 Å². The Labute approximate surface area is 152 Å². The topological polar surface area (TPSA) is 46.6 Å². The molecule has 0 saturated carbocycles. The largest absolute Gasteiger partial charge is 0.461 e. The molecule has 0 bridgehead atoms. The third-order valence-corrected chi connectivity index (χ3v) is 3.94. The van der Waals surface area contributed by atoms with Crippen molar-refractivity contribution in [1.82, 2.24) is 0 Å².